The highest BCUT2D eigenvalue weighted by Gasteiger charge is 2.21. The summed E-state index contributed by atoms with van der Waals surface area (Å²) < 4.78 is 10.9. The van der Waals surface area contributed by atoms with E-state index in [4.69, 9.17) is 14.5 Å². The third kappa shape index (κ3) is 6.64. The summed E-state index contributed by atoms with van der Waals surface area (Å²) >= 11 is 0. The normalized spacial score (nSPS) is 16.9. The Morgan fingerprint density at radius 1 is 1.03 bits per heavy atom. The number of aliphatic imine (C=N–C) groups is 1. The Morgan fingerprint density at radius 2 is 1.72 bits per heavy atom. The summed E-state index contributed by atoms with van der Waals surface area (Å²) in [4.78, 5) is 9.85. The van der Waals surface area contributed by atoms with Crippen molar-refractivity contribution in [1.82, 2.24) is 15.1 Å². The minimum Gasteiger partial charge on any atom is -0.493 e. The average Bonchev–Trinajstić information content (AvgIpc) is 3.24. The highest BCUT2D eigenvalue weighted by molar-refractivity contribution is 14.0. The molecule has 0 spiro atoms. The largest absolute Gasteiger partial charge is 0.493 e. The zero-order chi connectivity index (χ0) is 19.8. The Bertz CT molecular complexity index is 662. The lowest BCUT2D eigenvalue weighted by Gasteiger charge is -2.32. The van der Waals surface area contributed by atoms with E-state index in [1.165, 1.54) is 50.0 Å². The molecule has 2 aliphatic rings. The number of nitrogens with zero attached hydrogens (tertiary/aromatic N) is 3. The zero-order valence-electron chi connectivity index (χ0n) is 18.2. The second-order valence-electron chi connectivity index (χ2n) is 7.64. The van der Waals surface area contributed by atoms with Gasteiger partial charge in [-0.25, -0.2) is 0 Å². The summed E-state index contributed by atoms with van der Waals surface area (Å²) in [5.41, 5.74) is 2.64. The molecule has 1 aromatic carbocycles. The van der Waals surface area contributed by atoms with Gasteiger partial charge < -0.3 is 24.6 Å². The van der Waals surface area contributed by atoms with Crippen LogP contribution in [0.25, 0.3) is 0 Å². The van der Waals surface area contributed by atoms with Crippen LogP contribution >= 0.6 is 24.0 Å². The number of ether oxygens (including phenoxy) is 2. The lowest BCUT2D eigenvalue weighted by molar-refractivity contribution is 0.330. The molecule has 29 heavy (non-hydrogen) atoms. The molecular formula is C22H37IN4O2. The molecule has 6 nitrogen and oxygen atoms in total. The van der Waals surface area contributed by atoms with Crippen LogP contribution in [0.3, 0.4) is 0 Å². The first kappa shape index (κ1) is 24.1. The predicted octanol–water partition coefficient (Wildman–Crippen LogP) is 3.52. The molecule has 2 heterocycles. The molecule has 164 valence electrons. The molecule has 1 fully saturated rings. The van der Waals surface area contributed by atoms with E-state index >= 15 is 0 Å². The first-order chi connectivity index (χ1) is 13.7. The zero-order valence-corrected chi connectivity index (χ0v) is 20.5. The number of methoxy groups -OCH3 is 2. The average molecular weight is 516 g/mol. The fourth-order valence-electron chi connectivity index (χ4n) is 4.13. The molecule has 7 heteroatoms. The van der Waals surface area contributed by atoms with Crippen molar-refractivity contribution in [2.24, 2.45) is 4.99 Å². The van der Waals surface area contributed by atoms with Gasteiger partial charge in [0.25, 0.3) is 0 Å². The van der Waals surface area contributed by atoms with Crippen LogP contribution in [0.4, 0.5) is 0 Å². The number of hydrogen-bond donors (Lipinski definition) is 1. The lowest BCUT2D eigenvalue weighted by Crippen LogP contribution is -2.44. The minimum atomic E-state index is 0. The number of hydrogen-bond acceptors (Lipinski definition) is 4. The van der Waals surface area contributed by atoms with Gasteiger partial charge in [0, 0.05) is 26.2 Å². The van der Waals surface area contributed by atoms with Gasteiger partial charge in [0.2, 0.25) is 0 Å². The van der Waals surface area contributed by atoms with E-state index in [0.717, 1.165) is 56.5 Å². The Balaban J connectivity index is 0.00000300. The van der Waals surface area contributed by atoms with E-state index in [1.807, 2.05) is 0 Å². The summed E-state index contributed by atoms with van der Waals surface area (Å²) in [6, 6.07) is 4.23. The summed E-state index contributed by atoms with van der Waals surface area (Å²) in [5.74, 6) is 2.64. The second kappa shape index (κ2) is 12.5. The van der Waals surface area contributed by atoms with Crippen molar-refractivity contribution in [2.45, 2.75) is 45.6 Å². The molecule has 0 unspecified atom stereocenters. The topological polar surface area (TPSA) is 49.3 Å². The highest BCUT2D eigenvalue weighted by atomic mass is 127. The smallest absolute Gasteiger partial charge is 0.194 e. The van der Waals surface area contributed by atoms with Gasteiger partial charge in [0.1, 0.15) is 0 Å². The number of likely N-dealkylation sites (tertiary alicyclic amines) is 1. The molecule has 1 aromatic rings. The maximum atomic E-state index is 5.49. The van der Waals surface area contributed by atoms with Gasteiger partial charge >= 0.3 is 0 Å². The fraction of sp³-hybridized carbons (Fsp3) is 0.682. The standard InChI is InChI=1S/C22H36N4O2.HI/c1-4-23-22(24-10-5-6-11-25-12-7-8-13-25)26-14-9-18-15-20(27-2)21(28-3)16-19(18)17-26;/h15-16H,4-14,17H2,1-3H3,(H,23,24);1H. The summed E-state index contributed by atoms with van der Waals surface area (Å²) in [6.45, 7) is 9.55. The molecule has 0 saturated carbocycles. The fourth-order valence-corrected chi connectivity index (χ4v) is 4.13. The molecule has 3 rings (SSSR count). The van der Waals surface area contributed by atoms with Crippen LogP contribution in [0.2, 0.25) is 0 Å². The van der Waals surface area contributed by atoms with E-state index in [9.17, 15) is 0 Å². The Morgan fingerprint density at radius 3 is 2.38 bits per heavy atom. The van der Waals surface area contributed by atoms with Crippen molar-refractivity contribution in [3.8, 4) is 11.5 Å². The van der Waals surface area contributed by atoms with Crippen LogP contribution < -0.4 is 14.8 Å². The van der Waals surface area contributed by atoms with Gasteiger partial charge in [-0.05, 0) is 81.9 Å². The molecule has 0 bridgehead atoms. The number of nitrogens with one attached hydrogen (secondary N) is 1. The molecule has 0 aromatic heterocycles. The summed E-state index contributed by atoms with van der Waals surface area (Å²) in [6.07, 6.45) is 6.13. The molecule has 0 aliphatic carbocycles. The molecular weight excluding hydrogens is 479 g/mol. The number of rotatable bonds is 8. The number of fused-ring (bicyclic) bond motifs is 1. The van der Waals surface area contributed by atoms with E-state index in [1.54, 1.807) is 14.2 Å². The third-order valence-electron chi connectivity index (χ3n) is 5.70. The van der Waals surface area contributed by atoms with Crippen LogP contribution in [0, 0.1) is 0 Å². The molecule has 2 aliphatic heterocycles. The first-order valence-corrected chi connectivity index (χ1v) is 10.7. The Hall–Kier alpha value is -1.22. The number of guanidine groups is 1. The molecule has 0 radical (unpaired) electrons. The van der Waals surface area contributed by atoms with E-state index in [0.29, 0.717) is 0 Å². The van der Waals surface area contributed by atoms with Crippen LogP contribution in [-0.4, -0.2) is 69.2 Å². The highest BCUT2D eigenvalue weighted by Crippen LogP contribution is 2.33. The monoisotopic (exact) mass is 516 g/mol. The van der Waals surface area contributed by atoms with Gasteiger partial charge in [-0.2, -0.15) is 0 Å². The van der Waals surface area contributed by atoms with Crippen molar-refractivity contribution in [3.05, 3.63) is 23.3 Å². The first-order valence-electron chi connectivity index (χ1n) is 10.7. The second-order valence-corrected chi connectivity index (χ2v) is 7.64. The van der Waals surface area contributed by atoms with Crippen LogP contribution in [0.5, 0.6) is 11.5 Å². The van der Waals surface area contributed by atoms with E-state index in [2.05, 4.69) is 34.2 Å². The molecule has 1 saturated heterocycles. The van der Waals surface area contributed by atoms with Gasteiger partial charge in [-0.1, -0.05) is 0 Å². The van der Waals surface area contributed by atoms with Crippen LogP contribution in [0.15, 0.2) is 17.1 Å². The number of halogens is 1. The van der Waals surface area contributed by atoms with Crippen molar-refractivity contribution in [2.75, 3.05) is 53.5 Å². The number of unbranched alkanes of at least 4 members (excludes halogenated alkanes) is 1. The number of benzene rings is 1. The van der Waals surface area contributed by atoms with Gasteiger partial charge in [-0.3, -0.25) is 4.99 Å². The summed E-state index contributed by atoms with van der Waals surface area (Å²) in [5, 5.41) is 3.48. The van der Waals surface area contributed by atoms with Crippen LogP contribution in [0.1, 0.15) is 43.7 Å². The van der Waals surface area contributed by atoms with Crippen molar-refractivity contribution < 1.29 is 9.47 Å². The van der Waals surface area contributed by atoms with Gasteiger partial charge in [0.05, 0.1) is 14.2 Å². The van der Waals surface area contributed by atoms with Gasteiger partial charge in [0.15, 0.2) is 17.5 Å². The maximum absolute atomic E-state index is 5.49. The predicted molar refractivity (Wildman–Crippen MR) is 130 cm³/mol. The van der Waals surface area contributed by atoms with Crippen LogP contribution in [-0.2, 0) is 13.0 Å². The van der Waals surface area contributed by atoms with E-state index < -0.39 is 0 Å². The molecule has 0 atom stereocenters. The molecule has 0 amide bonds. The molecule has 1 N–H and O–H groups in total. The lowest BCUT2D eigenvalue weighted by atomic mass is 9.99. The van der Waals surface area contributed by atoms with Crippen molar-refractivity contribution in [1.29, 1.82) is 0 Å². The summed E-state index contributed by atoms with van der Waals surface area (Å²) in [7, 11) is 3.39. The Kier molecular flexibility index (Phi) is 10.3. The van der Waals surface area contributed by atoms with Gasteiger partial charge in [-0.15, -0.1) is 24.0 Å². The SMILES string of the molecule is CCNC(=NCCCCN1CCCC1)N1CCc2cc(OC)c(OC)cc2C1.I. The van der Waals surface area contributed by atoms with Crippen molar-refractivity contribution in [3.63, 3.8) is 0 Å². The third-order valence-corrected chi connectivity index (χ3v) is 5.70. The Labute approximate surface area is 193 Å². The maximum Gasteiger partial charge on any atom is 0.194 e. The minimum absolute atomic E-state index is 0. The van der Waals surface area contributed by atoms with Crippen molar-refractivity contribution >= 4 is 29.9 Å². The quantitative estimate of drug-likeness (QED) is 0.248. The van der Waals surface area contributed by atoms with E-state index in [-0.39, 0.29) is 24.0 Å².